The van der Waals surface area contributed by atoms with Crippen molar-refractivity contribution in [1.29, 1.82) is 0 Å². The van der Waals surface area contributed by atoms with Gasteiger partial charge in [0.05, 0.1) is 12.2 Å². The van der Waals surface area contributed by atoms with E-state index in [1.54, 1.807) is 20.8 Å². The van der Waals surface area contributed by atoms with E-state index in [1.807, 2.05) is 0 Å². The number of carbonyl (C=O) groups is 2. The zero-order chi connectivity index (χ0) is 19.8. The lowest BCUT2D eigenvalue weighted by atomic mass is 10.1. The highest BCUT2D eigenvalue weighted by Crippen LogP contribution is 2.29. The van der Waals surface area contributed by atoms with E-state index in [2.05, 4.69) is 0 Å². The fourth-order valence-corrected chi connectivity index (χ4v) is 1.93. The van der Waals surface area contributed by atoms with Gasteiger partial charge in [0.25, 0.3) is 0 Å². The van der Waals surface area contributed by atoms with Crippen LogP contribution in [0.5, 0.6) is 0 Å². The number of esters is 2. The third-order valence-corrected chi connectivity index (χ3v) is 3.09. The molecule has 1 aromatic rings. The van der Waals surface area contributed by atoms with E-state index >= 15 is 0 Å². The molecule has 7 heteroatoms. The van der Waals surface area contributed by atoms with Gasteiger partial charge in [0.1, 0.15) is 5.60 Å². The standard InChI is InChI=1S/C19H23F3O4/c1-18(2,3)26-17(24)6-4-5-13-25-16(23)12-9-14-7-10-15(11-8-14)19(20,21)22/h7-12H,4-6,13H2,1-3H3/b12-9+. The maximum Gasteiger partial charge on any atom is 0.416 e. The maximum atomic E-state index is 12.4. The van der Waals surface area contributed by atoms with Crippen LogP contribution in [-0.2, 0) is 25.2 Å². The van der Waals surface area contributed by atoms with Crippen LogP contribution in [0.15, 0.2) is 30.3 Å². The molecule has 1 aromatic carbocycles. The molecule has 0 saturated heterocycles. The van der Waals surface area contributed by atoms with Gasteiger partial charge >= 0.3 is 18.1 Å². The molecule has 0 amide bonds. The second-order valence-corrected chi connectivity index (χ2v) is 6.66. The van der Waals surface area contributed by atoms with E-state index in [1.165, 1.54) is 18.2 Å². The Kier molecular flexibility index (Phi) is 7.86. The van der Waals surface area contributed by atoms with Crippen LogP contribution in [0.25, 0.3) is 6.08 Å². The molecule has 0 aliphatic carbocycles. The molecule has 0 aliphatic heterocycles. The van der Waals surface area contributed by atoms with Crippen molar-refractivity contribution in [2.24, 2.45) is 0 Å². The minimum absolute atomic E-state index is 0.152. The highest BCUT2D eigenvalue weighted by molar-refractivity contribution is 5.87. The summed E-state index contributed by atoms with van der Waals surface area (Å²) in [6.07, 6.45) is -0.569. The van der Waals surface area contributed by atoms with Crippen molar-refractivity contribution >= 4 is 18.0 Å². The average molecular weight is 372 g/mol. The number of alkyl halides is 3. The lowest BCUT2D eigenvalue weighted by Gasteiger charge is -2.19. The third kappa shape index (κ3) is 9.25. The third-order valence-electron chi connectivity index (χ3n) is 3.09. The molecule has 0 saturated carbocycles. The van der Waals surface area contributed by atoms with Crippen LogP contribution in [0.4, 0.5) is 13.2 Å². The number of unbranched alkanes of at least 4 members (excludes halogenated alkanes) is 1. The number of rotatable bonds is 7. The van der Waals surface area contributed by atoms with Crippen molar-refractivity contribution in [3.63, 3.8) is 0 Å². The van der Waals surface area contributed by atoms with Crippen molar-refractivity contribution in [2.45, 2.75) is 51.8 Å². The second kappa shape index (κ2) is 9.40. The monoisotopic (exact) mass is 372 g/mol. The maximum absolute atomic E-state index is 12.4. The Bertz CT molecular complexity index is 626. The summed E-state index contributed by atoms with van der Waals surface area (Å²) >= 11 is 0. The first-order valence-electron chi connectivity index (χ1n) is 8.21. The van der Waals surface area contributed by atoms with E-state index in [9.17, 15) is 22.8 Å². The van der Waals surface area contributed by atoms with Crippen LogP contribution >= 0.6 is 0 Å². The van der Waals surface area contributed by atoms with E-state index in [-0.39, 0.29) is 19.0 Å². The van der Waals surface area contributed by atoms with Crippen LogP contribution in [0.1, 0.15) is 51.2 Å². The van der Waals surface area contributed by atoms with Gasteiger partial charge in [0.2, 0.25) is 0 Å². The Morgan fingerprint density at radius 3 is 2.19 bits per heavy atom. The van der Waals surface area contributed by atoms with Gasteiger partial charge < -0.3 is 9.47 Å². The summed E-state index contributed by atoms with van der Waals surface area (Å²) in [6.45, 7) is 5.51. The second-order valence-electron chi connectivity index (χ2n) is 6.66. The highest BCUT2D eigenvalue weighted by atomic mass is 19.4. The summed E-state index contributed by atoms with van der Waals surface area (Å²) in [5.74, 6) is -0.895. The number of carbonyl (C=O) groups excluding carboxylic acids is 2. The number of benzene rings is 1. The quantitative estimate of drug-likeness (QED) is 0.393. The zero-order valence-electron chi connectivity index (χ0n) is 15.1. The Balaban J connectivity index is 2.28. The smallest absolute Gasteiger partial charge is 0.416 e. The molecule has 0 unspecified atom stereocenters. The molecule has 0 heterocycles. The van der Waals surface area contributed by atoms with Crippen LogP contribution < -0.4 is 0 Å². The predicted molar refractivity (Wildman–Crippen MR) is 91.1 cm³/mol. The van der Waals surface area contributed by atoms with Gasteiger partial charge in [0, 0.05) is 12.5 Å². The highest BCUT2D eigenvalue weighted by Gasteiger charge is 2.29. The van der Waals surface area contributed by atoms with E-state index in [0.717, 1.165) is 18.2 Å². The van der Waals surface area contributed by atoms with Crippen LogP contribution in [0.3, 0.4) is 0 Å². The van der Waals surface area contributed by atoms with Crippen LogP contribution in [-0.4, -0.2) is 24.1 Å². The molecule has 4 nitrogen and oxygen atoms in total. The Hall–Kier alpha value is -2.31. The molecule has 0 spiro atoms. The molecule has 0 N–H and O–H groups in total. The van der Waals surface area contributed by atoms with Gasteiger partial charge in [-0.1, -0.05) is 12.1 Å². The first-order valence-corrected chi connectivity index (χ1v) is 8.21. The Morgan fingerprint density at radius 2 is 1.65 bits per heavy atom. The zero-order valence-corrected chi connectivity index (χ0v) is 15.1. The number of halogens is 3. The molecule has 0 fully saturated rings. The molecule has 26 heavy (non-hydrogen) atoms. The van der Waals surface area contributed by atoms with Gasteiger partial charge in [-0.3, -0.25) is 4.79 Å². The molecule has 0 aliphatic rings. The molecule has 144 valence electrons. The van der Waals surface area contributed by atoms with E-state index in [0.29, 0.717) is 18.4 Å². The molecular formula is C19H23F3O4. The molecule has 0 bridgehead atoms. The van der Waals surface area contributed by atoms with Crippen LogP contribution in [0, 0.1) is 0 Å². The number of ether oxygens (including phenoxy) is 2. The van der Waals surface area contributed by atoms with Gasteiger partial charge in [-0.25, -0.2) is 4.79 Å². The fourth-order valence-electron chi connectivity index (χ4n) is 1.93. The van der Waals surface area contributed by atoms with Crippen molar-refractivity contribution < 1.29 is 32.2 Å². The number of hydrogen-bond donors (Lipinski definition) is 0. The summed E-state index contributed by atoms with van der Waals surface area (Å²) < 4.78 is 47.5. The minimum atomic E-state index is -4.39. The SMILES string of the molecule is CC(C)(C)OC(=O)CCCCOC(=O)/C=C/c1ccc(C(F)(F)F)cc1. The van der Waals surface area contributed by atoms with Crippen molar-refractivity contribution in [2.75, 3.05) is 6.61 Å². The van der Waals surface area contributed by atoms with Crippen molar-refractivity contribution in [1.82, 2.24) is 0 Å². The predicted octanol–water partition coefficient (Wildman–Crippen LogP) is 4.77. The van der Waals surface area contributed by atoms with Crippen LogP contribution in [0.2, 0.25) is 0 Å². The molecule has 0 aromatic heterocycles. The molecule has 0 radical (unpaired) electrons. The topological polar surface area (TPSA) is 52.6 Å². The van der Waals surface area contributed by atoms with E-state index < -0.39 is 23.3 Å². The normalized spacial score (nSPS) is 12.2. The lowest BCUT2D eigenvalue weighted by Crippen LogP contribution is -2.23. The van der Waals surface area contributed by atoms with Crippen molar-refractivity contribution in [3.05, 3.63) is 41.5 Å². The Morgan fingerprint density at radius 1 is 1.04 bits per heavy atom. The van der Waals surface area contributed by atoms with E-state index in [4.69, 9.17) is 9.47 Å². The first-order chi connectivity index (χ1) is 12.0. The summed E-state index contributed by atoms with van der Waals surface area (Å²) in [6, 6.07) is 4.43. The summed E-state index contributed by atoms with van der Waals surface area (Å²) in [5, 5.41) is 0. The van der Waals surface area contributed by atoms with Crippen molar-refractivity contribution in [3.8, 4) is 0 Å². The van der Waals surface area contributed by atoms with Gasteiger partial charge in [-0.05, 0) is 57.4 Å². The fraction of sp³-hybridized carbons (Fsp3) is 0.474. The summed E-state index contributed by atoms with van der Waals surface area (Å²) in [7, 11) is 0. The average Bonchev–Trinajstić information content (AvgIpc) is 2.50. The minimum Gasteiger partial charge on any atom is -0.463 e. The molecule has 0 atom stereocenters. The van der Waals surface area contributed by atoms with Gasteiger partial charge in [-0.2, -0.15) is 13.2 Å². The lowest BCUT2D eigenvalue weighted by molar-refractivity contribution is -0.155. The van der Waals surface area contributed by atoms with Gasteiger partial charge in [-0.15, -0.1) is 0 Å². The number of hydrogen-bond acceptors (Lipinski definition) is 4. The van der Waals surface area contributed by atoms with Gasteiger partial charge in [0.15, 0.2) is 0 Å². The molecular weight excluding hydrogens is 349 g/mol. The summed E-state index contributed by atoms with van der Waals surface area (Å²) in [5.41, 5.74) is -0.811. The Labute approximate surface area is 151 Å². The molecule has 1 rings (SSSR count). The summed E-state index contributed by atoms with van der Waals surface area (Å²) in [4.78, 5) is 23.0. The largest absolute Gasteiger partial charge is 0.463 e. The first kappa shape index (κ1) is 21.7.